The molecule has 0 spiro atoms. The van der Waals surface area contributed by atoms with Crippen LogP contribution in [0.1, 0.15) is 90.4 Å². The Balaban J connectivity index is 1.29. The van der Waals surface area contributed by atoms with Crippen molar-refractivity contribution < 1.29 is 47.3 Å². The lowest BCUT2D eigenvalue weighted by Crippen LogP contribution is -2.45. The van der Waals surface area contributed by atoms with Crippen LogP contribution < -0.4 is 14.8 Å². The number of carbonyl (C=O) groups is 4. The lowest BCUT2D eigenvalue weighted by atomic mass is 9.94. The van der Waals surface area contributed by atoms with Gasteiger partial charge >= 0.3 is 18.0 Å². The first-order valence-electron chi connectivity index (χ1n) is 18.2. The van der Waals surface area contributed by atoms with E-state index < -0.39 is 36.1 Å². The third-order valence-corrected chi connectivity index (χ3v) is 10.9. The number of nitrogens with one attached hydrogen (secondary N) is 1. The van der Waals surface area contributed by atoms with Gasteiger partial charge in [0, 0.05) is 23.7 Å². The number of fused-ring (bicyclic) bond motifs is 2. The zero-order valence-electron chi connectivity index (χ0n) is 31.3. The van der Waals surface area contributed by atoms with E-state index in [0.717, 1.165) is 36.8 Å². The van der Waals surface area contributed by atoms with Crippen LogP contribution >= 0.6 is 24.0 Å². The highest BCUT2D eigenvalue weighted by Crippen LogP contribution is 2.49. The summed E-state index contributed by atoms with van der Waals surface area (Å²) in [5, 5.41) is 2.44. The van der Waals surface area contributed by atoms with Crippen molar-refractivity contribution in [1.29, 1.82) is 0 Å². The summed E-state index contributed by atoms with van der Waals surface area (Å²) in [6, 6.07) is 6.21. The number of furan rings is 1. The Bertz CT molecular complexity index is 1690. The van der Waals surface area contributed by atoms with Gasteiger partial charge in [-0.15, -0.1) is 0 Å². The molecular weight excluding hydrogens is 721 g/mol. The van der Waals surface area contributed by atoms with Gasteiger partial charge in [0.05, 0.1) is 38.8 Å². The third-order valence-electron chi connectivity index (χ3n) is 9.54. The summed E-state index contributed by atoms with van der Waals surface area (Å²) in [6.07, 6.45) is 7.31. The highest BCUT2D eigenvalue weighted by molar-refractivity contribution is 8.26. The zero-order chi connectivity index (χ0) is 38.3. The van der Waals surface area contributed by atoms with Gasteiger partial charge in [0.1, 0.15) is 39.0 Å². The molecule has 5 rings (SSSR count). The van der Waals surface area contributed by atoms with Crippen LogP contribution in [0.4, 0.5) is 4.79 Å². The van der Waals surface area contributed by atoms with Gasteiger partial charge in [-0.25, -0.2) is 9.59 Å². The van der Waals surface area contributed by atoms with Crippen LogP contribution in [0.3, 0.4) is 0 Å². The maximum atomic E-state index is 13.8. The van der Waals surface area contributed by atoms with Crippen molar-refractivity contribution in [2.24, 2.45) is 11.8 Å². The predicted octanol–water partition coefficient (Wildman–Crippen LogP) is 7.46. The number of hydrogen-bond donors (Lipinski definition) is 1. The number of ether oxygens (including phenoxy) is 5. The predicted molar refractivity (Wildman–Crippen MR) is 204 cm³/mol. The molecule has 4 atom stereocenters. The molecule has 12 nitrogen and oxygen atoms in total. The summed E-state index contributed by atoms with van der Waals surface area (Å²) in [5.74, 6) is 1.86. The van der Waals surface area contributed by atoms with Crippen LogP contribution in [0, 0.1) is 11.8 Å². The van der Waals surface area contributed by atoms with E-state index in [9.17, 15) is 19.2 Å². The zero-order valence-corrected chi connectivity index (χ0v) is 33.0. The van der Waals surface area contributed by atoms with Gasteiger partial charge in [0.2, 0.25) is 0 Å². The van der Waals surface area contributed by atoms with Crippen molar-refractivity contribution in [2.45, 2.75) is 103 Å². The van der Waals surface area contributed by atoms with Crippen LogP contribution in [-0.4, -0.2) is 78.3 Å². The van der Waals surface area contributed by atoms with Crippen molar-refractivity contribution in [3.63, 3.8) is 0 Å². The molecule has 1 N–H and O–H groups in total. The summed E-state index contributed by atoms with van der Waals surface area (Å²) in [4.78, 5) is 54.2. The van der Waals surface area contributed by atoms with Crippen molar-refractivity contribution >= 4 is 58.3 Å². The third kappa shape index (κ3) is 10.6. The molecule has 2 heterocycles. The molecule has 2 saturated carbocycles. The van der Waals surface area contributed by atoms with Crippen LogP contribution in [-0.2, 0) is 35.0 Å². The second-order valence-electron chi connectivity index (χ2n) is 14.6. The molecule has 14 heteroatoms. The monoisotopic (exact) mass is 770 g/mol. The standard InChI is InChI=1S/C39H50N2O10S2/c1-7-8-13-49-36(44)29(40-37(45)51-39(2,3)4)21-34(42)48-14-9-10-25-19-31(26-17-27(46-5)20-28(18-26)47-6)50-32(25)22-33-35(43)41(38(52)53-33)30-16-23-11-12-24(30)15-23/h17-20,22-24,29-30H,7-16,21H2,1-6H3,(H,40,45)/b33-22-/t23?,24?,29-,30?/m1/s1. The fourth-order valence-corrected chi connectivity index (χ4v) is 8.34. The first kappa shape index (κ1) is 40.2. The molecule has 288 valence electrons. The largest absolute Gasteiger partial charge is 0.497 e. The highest BCUT2D eigenvalue weighted by atomic mass is 32.2. The van der Waals surface area contributed by atoms with Crippen molar-refractivity contribution in [1.82, 2.24) is 10.2 Å². The normalized spacial score (nSPS) is 20.8. The quantitative estimate of drug-likeness (QED) is 0.0595. The highest BCUT2D eigenvalue weighted by Gasteiger charge is 2.48. The number of alkyl carbamates (subject to hydrolysis) is 1. The number of amides is 2. The number of unbranched alkanes of at least 4 members (excludes halogenated alkanes) is 1. The Morgan fingerprint density at radius 3 is 2.38 bits per heavy atom. The van der Waals surface area contributed by atoms with Crippen LogP contribution in [0.15, 0.2) is 33.6 Å². The van der Waals surface area contributed by atoms with Crippen LogP contribution in [0.2, 0.25) is 0 Å². The summed E-state index contributed by atoms with van der Waals surface area (Å²) in [5.41, 5.74) is 0.719. The van der Waals surface area contributed by atoms with Gasteiger partial charge < -0.3 is 33.4 Å². The number of methoxy groups -OCH3 is 2. The van der Waals surface area contributed by atoms with Gasteiger partial charge in [-0.1, -0.05) is 43.7 Å². The average Bonchev–Trinajstić information content (AvgIpc) is 3.90. The van der Waals surface area contributed by atoms with Crippen molar-refractivity contribution in [2.75, 3.05) is 27.4 Å². The lowest BCUT2D eigenvalue weighted by Gasteiger charge is -2.30. The molecule has 2 aromatic rings. The number of aryl methyl sites for hydroxylation is 1. The van der Waals surface area contributed by atoms with E-state index in [1.54, 1.807) is 47.1 Å². The van der Waals surface area contributed by atoms with Crippen LogP contribution in [0.25, 0.3) is 17.4 Å². The summed E-state index contributed by atoms with van der Waals surface area (Å²) in [6.45, 7) is 7.24. The molecule has 0 radical (unpaired) electrons. The topological polar surface area (TPSA) is 143 Å². The number of nitrogens with zero attached hydrogens (tertiary/aromatic N) is 1. The lowest BCUT2D eigenvalue weighted by molar-refractivity contribution is -0.152. The Hall–Kier alpha value is -4.04. The number of rotatable bonds is 16. The molecule has 2 bridgehead atoms. The van der Waals surface area contributed by atoms with Gasteiger partial charge in [-0.05, 0) is 94.9 Å². The molecule has 1 aromatic carbocycles. The number of esters is 2. The second-order valence-corrected chi connectivity index (χ2v) is 16.3. The number of thiocarbonyl (C=S) groups is 1. The molecule has 1 aliphatic heterocycles. The van der Waals surface area contributed by atoms with E-state index in [4.69, 9.17) is 40.3 Å². The van der Waals surface area contributed by atoms with Gasteiger partial charge in [0.25, 0.3) is 5.91 Å². The molecule has 2 aliphatic carbocycles. The smallest absolute Gasteiger partial charge is 0.408 e. The number of thioether (sulfide) groups is 1. The molecule has 1 aromatic heterocycles. The Labute approximate surface area is 320 Å². The van der Waals surface area contributed by atoms with Gasteiger partial charge in [-0.3, -0.25) is 14.5 Å². The minimum atomic E-state index is -1.27. The summed E-state index contributed by atoms with van der Waals surface area (Å²) >= 11 is 7.02. The molecule has 1 saturated heterocycles. The molecule has 3 aliphatic rings. The Morgan fingerprint density at radius 2 is 1.75 bits per heavy atom. The molecule has 3 unspecified atom stereocenters. The van der Waals surface area contributed by atoms with E-state index >= 15 is 0 Å². The minimum Gasteiger partial charge on any atom is -0.497 e. The van der Waals surface area contributed by atoms with E-state index in [-0.39, 0.29) is 25.2 Å². The first-order chi connectivity index (χ1) is 25.3. The average molecular weight is 771 g/mol. The minimum absolute atomic E-state index is 0.0299. The number of benzene rings is 1. The van der Waals surface area contributed by atoms with Gasteiger partial charge in [0.15, 0.2) is 0 Å². The Morgan fingerprint density at radius 1 is 1.04 bits per heavy atom. The second kappa shape index (κ2) is 17.9. The number of carbonyl (C=O) groups excluding carboxylic acids is 4. The number of hydrogen-bond acceptors (Lipinski definition) is 12. The molecular formula is C39H50N2O10S2. The van der Waals surface area contributed by atoms with E-state index in [1.807, 2.05) is 30.0 Å². The molecule has 2 amide bonds. The van der Waals surface area contributed by atoms with E-state index in [2.05, 4.69) is 5.32 Å². The Kier molecular flexibility index (Phi) is 13.5. The molecule has 3 fully saturated rings. The van der Waals surface area contributed by atoms with Crippen molar-refractivity contribution in [3.05, 3.63) is 40.5 Å². The fourth-order valence-electron chi connectivity index (χ4n) is 7.00. The maximum absolute atomic E-state index is 13.8. The maximum Gasteiger partial charge on any atom is 0.408 e. The molecule has 53 heavy (non-hydrogen) atoms. The van der Waals surface area contributed by atoms with Crippen molar-refractivity contribution in [3.8, 4) is 22.8 Å². The SMILES string of the molecule is CCCCOC(=O)[C@@H](CC(=O)OCCCc1cc(-c2cc(OC)cc(OC)c2)oc1/C=C1\SC(=S)N(C2CC3CCC2C3)C1=O)NC(=O)OC(C)(C)C. The van der Waals surface area contributed by atoms with Crippen LogP contribution in [0.5, 0.6) is 11.5 Å². The fraction of sp³-hybridized carbons (Fsp3) is 0.564. The first-order valence-corrected chi connectivity index (χ1v) is 19.5. The van der Waals surface area contributed by atoms with E-state index in [0.29, 0.717) is 63.3 Å². The van der Waals surface area contributed by atoms with Gasteiger partial charge in [-0.2, -0.15) is 0 Å². The van der Waals surface area contributed by atoms with E-state index in [1.165, 1.54) is 18.2 Å². The summed E-state index contributed by atoms with van der Waals surface area (Å²) < 4.78 is 34.0. The summed E-state index contributed by atoms with van der Waals surface area (Å²) in [7, 11) is 3.14.